The second-order valence-corrected chi connectivity index (χ2v) is 8.00. The molecule has 6 nitrogen and oxygen atoms in total. The molecule has 1 amide bonds. The van der Waals surface area contributed by atoms with Gasteiger partial charge in [0, 0.05) is 48.5 Å². The highest BCUT2D eigenvalue weighted by Gasteiger charge is 2.29. The van der Waals surface area contributed by atoms with E-state index in [4.69, 9.17) is 0 Å². The lowest BCUT2D eigenvalue weighted by atomic mass is 10.0. The number of nitrogens with one attached hydrogen (secondary N) is 1. The monoisotopic (exact) mass is 323 g/mol. The molecule has 0 saturated carbocycles. The zero-order valence-electron chi connectivity index (χ0n) is 12.7. The Bertz CT molecular complexity index is 706. The van der Waals surface area contributed by atoms with Gasteiger partial charge in [0.25, 0.3) is 0 Å². The van der Waals surface area contributed by atoms with Crippen LogP contribution >= 0.6 is 0 Å². The number of aromatic nitrogens is 2. The lowest BCUT2D eigenvalue weighted by molar-refractivity contribution is -0.132. The summed E-state index contributed by atoms with van der Waals surface area (Å²) in [4.78, 5) is 14.3. The molecule has 0 aromatic carbocycles. The highest BCUT2D eigenvalue weighted by Crippen LogP contribution is 2.24. The smallest absolute Gasteiger partial charge is 0.223 e. The number of nitrogens with zero attached hydrogens (tertiary/aromatic N) is 2. The first-order valence-corrected chi connectivity index (χ1v) is 9.44. The SMILES string of the molecule is CCCc1n[nH]c2c1CN(C(=O)C[C@H]1C=CS(=O)(=O)C1)CC2. The number of sulfone groups is 1. The number of carbonyl (C=O) groups is 1. The van der Waals surface area contributed by atoms with Crippen LogP contribution < -0.4 is 0 Å². The largest absolute Gasteiger partial charge is 0.338 e. The molecule has 1 aromatic heterocycles. The molecule has 1 aromatic rings. The topological polar surface area (TPSA) is 83.1 Å². The number of rotatable bonds is 4. The average Bonchev–Trinajstić information content (AvgIpc) is 3.02. The lowest BCUT2D eigenvalue weighted by Crippen LogP contribution is -2.37. The fourth-order valence-electron chi connectivity index (χ4n) is 3.13. The van der Waals surface area contributed by atoms with Crippen molar-refractivity contribution in [1.29, 1.82) is 0 Å². The van der Waals surface area contributed by atoms with E-state index in [1.165, 1.54) is 5.41 Å². The van der Waals surface area contributed by atoms with Gasteiger partial charge < -0.3 is 4.90 Å². The van der Waals surface area contributed by atoms with Crippen molar-refractivity contribution in [3.63, 3.8) is 0 Å². The number of amides is 1. The van der Waals surface area contributed by atoms with Crippen molar-refractivity contribution < 1.29 is 13.2 Å². The molecule has 3 heterocycles. The number of aromatic amines is 1. The van der Waals surface area contributed by atoms with Gasteiger partial charge >= 0.3 is 0 Å². The van der Waals surface area contributed by atoms with Gasteiger partial charge in [-0.2, -0.15) is 5.10 Å². The molecular weight excluding hydrogens is 302 g/mol. The van der Waals surface area contributed by atoms with E-state index in [1.54, 1.807) is 6.08 Å². The summed E-state index contributed by atoms with van der Waals surface area (Å²) in [5.41, 5.74) is 3.34. The second-order valence-electron chi connectivity index (χ2n) is 6.06. The van der Waals surface area contributed by atoms with Crippen molar-refractivity contribution in [2.75, 3.05) is 12.3 Å². The van der Waals surface area contributed by atoms with Gasteiger partial charge in [-0.05, 0) is 6.42 Å². The first kappa shape index (κ1) is 15.3. The third-order valence-electron chi connectivity index (χ3n) is 4.30. The Morgan fingerprint density at radius 2 is 2.32 bits per heavy atom. The van der Waals surface area contributed by atoms with E-state index in [-0.39, 0.29) is 24.0 Å². The maximum atomic E-state index is 12.4. The molecule has 0 aliphatic carbocycles. The minimum atomic E-state index is -3.09. The van der Waals surface area contributed by atoms with Crippen molar-refractivity contribution in [1.82, 2.24) is 15.1 Å². The summed E-state index contributed by atoms with van der Waals surface area (Å²) in [7, 11) is -3.09. The van der Waals surface area contributed by atoms with Crippen molar-refractivity contribution >= 4 is 15.7 Å². The van der Waals surface area contributed by atoms with E-state index in [1.807, 2.05) is 4.90 Å². The fraction of sp³-hybridized carbons (Fsp3) is 0.600. The molecule has 2 aliphatic rings. The molecule has 0 radical (unpaired) electrons. The fourth-order valence-corrected chi connectivity index (χ4v) is 4.53. The Morgan fingerprint density at radius 1 is 1.50 bits per heavy atom. The number of hydrogen-bond donors (Lipinski definition) is 1. The number of fused-ring (bicyclic) bond motifs is 1. The van der Waals surface area contributed by atoms with Crippen LogP contribution in [-0.4, -0.2) is 41.7 Å². The third-order valence-corrected chi connectivity index (χ3v) is 5.76. The molecule has 0 bridgehead atoms. The molecular formula is C15H21N3O3S. The highest BCUT2D eigenvalue weighted by atomic mass is 32.2. The predicted octanol–water partition coefficient (Wildman–Crippen LogP) is 1.20. The molecule has 0 unspecified atom stereocenters. The van der Waals surface area contributed by atoms with Crippen LogP contribution in [0.5, 0.6) is 0 Å². The van der Waals surface area contributed by atoms with E-state index in [0.717, 1.165) is 36.2 Å². The third kappa shape index (κ3) is 3.09. The molecule has 0 saturated heterocycles. The van der Waals surface area contributed by atoms with Crippen LogP contribution in [-0.2, 0) is 34.0 Å². The molecule has 2 aliphatic heterocycles. The van der Waals surface area contributed by atoms with Gasteiger partial charge in [-0.1, -0.05) is 19.4 Å². The van der Waals surface area contributed by atoms with E-state index < -0.39 is 9.84 Å². The Kier molecular flexibility index (Phi) is 4.08. The van der Waals surface area contributed by atoms with E-state index >= 15 is 0 Å². The van der Waals surface area contributed by atoms with Gasteiger partial charge in [0.05, 0.1) is 11.4 Å². The van der Waals surface area contributed by atoms with Crippen LogP contribution in [0.15, 0.2) is 11.5 Å². The molecule has 1 N–H and O–H groups in total. The van der Waals surface area contributed by atoms with Gasteiger partial charge in [-0.25, -0.2) is 8.42 Å². The summed E-state index contributed by atoms with van der Waals surface area (Å²) in [6.07, 6.45) is 4.64. The lowest BCUT2D eigenvalue weighted by Gasteiger charge is -2.28. The molecule has 120 valence electrons. The Hall–Kier alpha value is -1.63. The van der Waals surface area contributed by atoms with Crippen molar-refractivity contribution in [3.05, 3.63) is 28.4 Å². The number of allylic oxidation sites excluding steroid dienone is 1. The molecule has 7 heteroatoms. The summed E-state index contributed by atoms with van der Waals surface area (Å²) in [5.74, 6) is -0.0932. The van der Waals surface area contributed by atoms with Crippen molar-refractivity contribution in [3.8, 4) is 0 Å². The normalized spacial score (nSPS) is 22.8. The summed E-state index contributed by atoms with van der Waals surface area (Å²) >= 11 is 0. The van der Waals surface area contributed by atoms with Gasteiger partial charge in [0.15, 0.2) is 9.84 Å². The zero-order valence-corrected chi connectivity index (χ0v) is 13.5. The van der Waals surface area contributed by atoms with Crippen LogP contribution in [0, 0.1) is 5.92 Å². The predicted molar refractivity (Wildman–Crippen MR) is 82.7 cm³/mol. The number of aryl methyl sites for hydroxylation is 1. The zero-order chi connectivity index (χ0) is 15.7. The molecule has 1 atom stereocenters. The second kappa shape index (κ2) is 5.87. The van der Waals surface area contributed by atoms with Gasteiger partial charge in [0.2, 0.25) is 5.91 Å². The highest BCUT2D eigenvalue weighted by molar-refractivity contribution is 7.94. The summed E-state index contributed by atoms with van der Waals surface area (Å²) in [6.45, 7) is 3.37. The molecule has 0 fully saturated rings. The maximum absolute atomic E-state index is 12.4. The van der Waals surface area contributed by atoms with Gasteiger partial charge in [-0.3, -0.25) is 9.89 Å². The number of H-pyrrole nitrogens is 1. The van der Waals surface area contributed by atoms with E-state index in [0.29, 0.717) is 13.1 Å². The van der Waals surface area contributed by atoms with Gasteiger partial charge in [-0.15, -0.1) is 0 Å². The first-order valence-electron chi connectivity index (χ1n) is 7.72. The molecule has 0 spiro atoms. The Morgan fingerprint density at radius 3 is 3.00 bits per heavy atom. The number of hydrogen-bond acceptors (Lipinski definition) is 4. The minimum Gasteiger partial charge on any atom is -0.338 e. The van der Waals surface area contributed by atoms with Crippen LogP contribution in [0.3, 0.4) is 0 Å². The standard InChI is InChI=1S/C15H21N3O3S/c1-2-3-13-12-9-18(6-4-14(12)17-16-13)15(19)8-11-5-7-22(20,21)10-11/h5,7,11H,2-4,6,8-10H2,1H3,(H,16,17)/t11-/m1/s1. The summed E-state index contributed by atoms with van der Waals surface area (Å²) < 4.78 is 22.8. The van der Waals surface area contributed by atoms with E-state index in [9.17, 15) is 13.2 Å². The van der Waals surface area contributed by atoms with E-state index in [2.05, 4.69) is 17.1 Å². The first-order chi connectivity index (χ1) is 10.5. The summed E-state index contributed by atoms with van der Waals surface area (Å²) in [5, 5.41) is 8.66. The van der Waals surface area contributed by atoms with Crippen LogP contribution in [0.1, 0.15) is 36.7 Å². The minimum absolute atomic E-state index is 0.0287. The van der Waals surface area contributed by atoms with Crippen LogP contribution in [0.2, 0.25) is 0 Å². The average molecular weight is 323 g/mol. The molecule has 22 heavy (non-hydrogen) atoms. The van der Waals surface area contributed by atoms with Crippen LogP contribution in [0.25, 0.3) is 0 Å². The van der Waals surface area contributed by atoms with Crippen molar-refractivity contribution in [2.24, 2.45) is 5.92 Å². The number of carbonyl (C=O) groups excluding carboxylic acids is 1. The van der Waals surface area contributed by atoms with Gasteiger partial charge in [0.1, 0.15) is 0 Å². The Labute approximate surface area is 130 Å². The van der Waals surface area contributed by atoms with Crippen LogP contribution in [0.4, 0.5) is 0 Å². The summed E-state index contributed by atoms with van der Waals surface area (Å²) in [6, 6.07) is 0. The maximum Gasteiger partial charge on any atom is 0.223 e. The van der Waals surface area contributed by atoms with Crippen molar-refractivity contribution in [2.45, 2.75) is 39.2 Å². The Balaban J connectivity index is 1.65. The molecule has 3 rings (SSSR count). The quantitative estimate of drug-likeness (QED) is 0.902.